The Morgan fingerprint density at radius 1 is 1.11 bits per heavy atom. The van der Waals surface area contributed by atoms with Gasteiger partial charge in [0.25, 0.3) is 5.91 Å². The number of carbonyl (C=O) groups excluding carboxylic acids is 2. The fourth-order valence-electron chi connectivity index (χ4n) is 4.74. The Balaban J connectivity index is 1.44. The summed E-state index contributed by atoms with van der Waals surface area (Å²) in [5.74, 6) is 0.00725. The van der Waals surface area contributed by atoms with Gasteiger partial charge in [-0.2, -0.15) is 0 Å². The smallest absolute Gasteiger partial charge is 0.262 e. The van der Waals surface area contributed by atoms with Crippen molar-refractivity contribution in [3.05, 3.63) is 68.9 Å². The maximum absolute atomic E-state index is 13.3. The first kappa shape index (κ1) is 27.1. The Morgan fingerprint density at radius 2 is 1.89 bits per heavy atom. The first-order valence-corrected chi connectivity index (χ1v) is 14.0. The SMILES string of the molecule is Cc1cc(NC(=O)[C@H](CC2CCCCC2)NC(=O)c2ccc([C@@H](C)Nc3cc(Cl)cnc3C)s2)ccn1. The van der Waals surface area contributed by atoms with E-state index >= 15 is 0 Å². The number of pyridine rings is 2. The number of aromatic nitrogens is 2. The highest BCUT2D eigenvalue weighted by atomic mass is 35.5. The van der Waals surface area contributed by atoms with E-state index in [0.717, 1.165) is 34.8 Å². The van der Waals surface area contributed by atoms with Crippen LogP contribution in [0.4, 0.5) is 11.4 Å². The van der Waals surface area contributed by atoms with E-state index in [4.69, 9.17) is 11.6 Å². The van der Waals surface area contributed by atoms with Crippen LogP contribution in [-0.2, 0) is 4.79 Å². The molecule has 1 aliphatic rings. The molecule has 1 aliphatic carbocycles. The monoisotopic (exact) mass is 539 g/mol. The van der Waals surface area contributed by atoms with Crippen molar-refractivity contribution < 1.29 is 9.59 Å². The molecule has 7 nitrogen and oxygen atoms in total. The summed E-state index contributed by atoms with van der Waals surface area (Å²) >= 11 is 7.52. The molecule has 2 atom stereocenters. The normalized spacial score (nSPS) is 15.6. The van der Waals surface area contributed by atoms with Gasteiger partial charge in [-0.3, -0.25) is 19.6 Å². The molecule has 0 spiro atoms. The van der Waals surface area contributed by atoms with Crippen molar-refractivity contribution in [2.45, 2.75) is 71.4 Å². The molecule has 1 fully saturated rings. The summed E-state index contributed by atoms with van der Waals surface area (Å²) in [4.78, 5) is 36.6. The Kier molecular flexibility index (Phi) is 9.16. The highest BCUT2D eigenvalue weighted by Gasteiger charge is 2.27. The van der Waals surface area contributed by atoms with Crippen molar-refractivity contribution in [3.8, 4) is 0 Å². The summed E-state index contributed by atoms with van der Waals surface area (Å²) in [6.45, 7) is 5.83. The van der Waals surface area contributed by atoms with Gasteiger partial charge in [-0.1, -0.05) is 43.7 Å². The average Bonchev–Trinajstić information content (AvgIpc) is 3.37. The van der Waals surface area contributed by atoms with E-state index in [1.54, 1.807) is 18.5 Å². The molecule has 0 aliphatic heterocycles. The fraction of sp³-hybridized carbons (Fsp3) is 0.429. The zero-order valence-electron chi connectivity index (χ0n) is 21.5. The van der Waals surface area contributed by atoms with Crippen molar-refractivity contribution in [1.82, 2.24) is 15.3 Å². The van der Waals surface area contributed by atoms with E-state index < -0.39 is 6.04 Å². The van der Waals surface area contributed by atoms with Gasteiger partial charge in [0.15, 0.2) is 0 Å². The van der Waals surface area contributed by atoms with Crippen LogP contribution in [0.25, 0.3) is 0 Å². The zero-order chi connectivity index (χ0) is 26.4. The van der Waals surface area contributed by atoms with Crippen LogP contribution >= 0.6 is 22.9 Å². The van der Waals surface area contributed by atoms with Crippen molar-refractivity contribution in [1.29, 1.82) is 0 Å². The Hall–Kier alpha value is -2.97. The molecule has 3 aromatic heterocycles. The molecule has 2 amide bonds. The lowest BCUT2D eigenvalue weighted by molar-refractivity contribution is -0.118. The molecule has 37 heavy (non-hydrogen) atoms. The Labute approximate surface area is 227 Å². The van der Waals surface area contributed by atoms with Gasteiger partial charge in [0.1, 0.15) is 6.04 Å². The molecule has 0 unspecified atom stereocenters. The molecule has 0 bridgehead atoms. The predicted molar refractivity (Wildman–Crippen MR) is 150 cm³/mol. The third kappa shape index (κ3) is 7.52. The number of nitrogens with zero attached hydrogens (tertiary/aromatic N) is 2. The molecule has 196 valence electrons. The van der Waals surface area contributed by atoms with E-state index in [2.05, 4.69) is 25.9 Å². The number of hydrogen-bond donors (Lipinski definition) is 3. The maximum atomic E-state index is 13.3. The number of nitrogens with one attached hydrogen (secondary N) is 3. The van der Waals surface area contributed by atoms with Gasteiger partial charge in [-0.25, -0.2) is 0 Å². The minimum Gasteiger partial charge on any atom is -0.376 e. The molecule has 0 saturated heterocycles. The number of rotatable bonds is 9. The third-order valence-electron chi connectivity index (χ3n) is 6.78. The second-order valence-electron chi connectivity index (χ2n) is 9.80. The van der Waals surface area contributed by atoms with Crippen LogP contribution < -0.4 is 16.0 Å². The van der Waals surface area contributed by atoms with Gasteiger partial charge in [0, 0.05) is 28.7 Å². The van der Waals surface area contributed by atoms with Crippen LogP contribution in [0.2, 0.25) is 5.02 Å². The van der Waals surface area contributed by atoms with Gasteiger partial charge in [-0.05, 0) is 63.4 Å². The molecular formula is C28H34ClN5O2S. The first-order chi connectivity index (χ1) is 17.8. The van der Waals surface area contributed by atoms with E-state index in [1.165, 1.54) is 30.6 Å². The van der Waals surface area contributed by atoms with E-state index in [1.807, 2.05) is 45.0 Å². The molecule has 9 heteroatoms. The predicted octanol–water partition coefficient (Wildman–Crippen LogP) is 6.69. The second-order valence-corrected chi connectivity index (χ2v) is 11.3. The van der Waals surface area contributed by atoms with Crippen LogP contribution in [-0.4, -0.2) is 27.8 Å². The minimum absolute atomic E-state index is 0.0400. The van der Waals surface area contributed by atoms with E-state index in [-0.39, 0.29) is 17.9 Å². The molecule has 3 heterocycles. The average molecular weight is 540 g/mol. The summed E-state index contributed by atoms with van der Waals surface area (Å²) in [5, 5.41) is 10.00. The number of carbonyl (C=O) groups is 2. The topological polar surface area (TPSA) is 96.0 Å². The Bertz CT molecular complexity index is 1240. The lowest BCUT2D eigenvalue weighted by Gasteiger charge is -2.26. The Morgan fingerprint density at radius 3 is 2.65 bits per heavy atom. The number of halogens is 1. The highest BCUT2D eigenvalue weighted by Crippen LogP contribution is 2.30. The third-order valence-corrected chi connectivity index (χ3v) is 8.26. The molecule has 0 aromatic carbocycles. The van der Waals surface area contributed by atoms with Gasteiger partial charge < -0.3 is 16.0 Å². The van der Waals surface area contributed by atoms with Crippen LogP contribution in [0, 0.1) is 19.8 Å². The molecular weight excluding hydrogens is 506 g/mol. The number of amides is 2. The quantitative estimate of drug-likeness (QED) is 0.281. The fourth-order valence-corrected chi connectivity index (χ4v) is 5.81. The lowest BCUT2D eigenvalue weighted by atomic mass is 9.84. The number of hydrogen-bond acceptors (Lipinski definition) is 6. The zero-order valence-corrected chi connectivity index (χ0v) is 23.1. The van der Waals surface area contributed by atoms with Crippen LogP contribution in [0.15, 0.2) is 42.7 Å². The van der Waals surface area contributed by atoms with Crippen molar-refractivity contribution in [2.75, 3.05) is 10.6 Å². The standard InChI is InChI=1S/C28H34ClN5O2S/c1-17-13-22(11-12-30-17)33-27(35)24(14-20-7-5-4-6-8-20)34-28(36)26-10-9-25(37-26)19(3)32-23-15-21(29)16-31-18(23)2/h9-13,15-16,19-20,24,32H,4-8,14H2,1-3H3,(H,34,36)(H,30,33,35)/t19-,24+/m1/s1. The minimum atomic E-state index is -0.606. The van der Waals surface area contributed by atoms with Crippen LogP contribution in [0.3, 0.4) is 0 Å². The summed E-state index contributed by atoms with van der Waals surface area (Å²) in [6.07, 6.45) is 9.72. The number of anilines is 2. The van der Waals surface area contributed by atoms with Gasteiger partial charge in [-0.15, -0.1) is 11.3 Å². The van der Waals surface area contributed by atoms with Gasteiger partial charge >= 0.3 is 0 Å². The molecule has 0 radical (unpaired) electrons. The van der Waals surface area contributed by atoms with Gasteiger partial charge in [0.05, 0.1) is 27.3 Å². The molecule has 3 N–H and O–H groups in total. The van der Waals surface area contributed by atoms with Crippen molar-refractivity contribution in [2.24, 2.45) is 5.92 Å². The molecule has 1 saturated carbocycles. The number of thiophene rings is 1. The summed E-state index contributed by atoms with van der Waals surface area (Å²) in [7, 11) is 0. The summed E-state index contributed by atoms with van der Waals surface area (Å²) < 4.78 is 0. The van der Waals surface area contributed by atoms with E-state index in [0.29, 0.717) is 27.9 Å². The van der Waals surface area contributed by atoms with Gasteiger partial charge in [0.2, 0.25) is 5.91 Å². The van der Waals surface area contributed by atoms with Crippen molar-refractivity contribution in [3.63, 3.8) is 0 Å². The summed E-state index contributed by atoms with van der Waals surface area (Å²) in [6, 6.07) is 8.56. The van der Waals surface area contributed by atoms with E-state index in [9.17, 15) is 9.59 Å². The summed E-state index contributed by atoms with van der Waals surface area (Å²) in [5.41, 5.74) is 3.22. The number of aryl methyl sites for hydroxylation is 2. The van der Waals surface area contributed by atoms with Crippen LogP contribution in [0.1, 0.15) is 77.4 Å². The van der Waals surface area contributed by atoms with Crippen LogP contribution in [0.5, 0.6) is 0 Å². The lowest BCUT2D eigenvalue weighted by Crippen LogP contribution is -2.45. The maximum Gasteiger partial charge on any atom is 0.262 e. The second kappa shape index (κ2) is 12.5. The van der Waals surface area contributed by atoms with Crippen molar-refractivity contribution >= 4 is 46.1 Å². The largest absolute Gasteiger partial charge is 0.376 e. The highest BCUT2D eigenvalue weighted by molar-refractivity contribution is 7.14. The first-order valence-electron chi connectivity index (χ1n) is 12.8. The molecule has 4 rings (SSSR count). The molecule has 3 aromatic rings.